The van der Waals surface area contributed by atoms with Crippen LogP contribution in [0.5, 0.6) is 11.6 Å². The quantitative estimate of drug-likeness (QED) is 0.442. The van der Waals surface area contributed by atoms with Gasteiger partial charge in [0.1, 0.15) is 5.75 Å². The molecule has 3 aromatic carbocycles. The SMILES string of the molecule is O=C(Nc1ccc(N2CCOCC2)cc1)c1ccc(-c2ccc(Oc3ccccc3)nn2)cc1. The molecule has 1 N–H and O–H groups in total. The van der Waals surface area contributed by atoms with Gasteiger partial charge < -0.3 is 19.7 Å². The first-order valence-corrected chi connectivity index (χ1v) is 11.2. The molecule has 2 heterocycles. The van der Waals surface area contributed by atoms with E-state index in [0.29, 0.717) is 22.9 Å². The number of rotatable bonds is 6. The normalized spacial score (nSPS) is 13.4. The van der Waals surface area contributed by atoms with Crippen molar-refractivity contribution in [3.05, 3.63) is 96.6 Å². The first-order valence-electron chi connectivity index (χ1n) is 11.2. The van der Waals surface area contributed by atoms with Crippen molar-refractivity contribution in [2.24, 2.45) is 0 Å². The topological polar surface area (TPSA) is 76.6 Å². The van der Waals surface area contributed by atoms with Crippen molar-refractivity contribution in [3.63, 3.8) is 0 Å². The zero-order chi connectivity index (χ0) is 23.2. The number of nitrogens with one attached hydrogen (secondary N) is 1. The molecule has 0 atom stereocenters. The van der Waals surface area contributed by atoms with Crippen LogP contribution in [0.2, 0.25) is 0 Å². The van der Waals surface area contributed by atoms with Crippen LogP contribution in [-0.4, -0.2) is 42.4 Å². The summed E-state index contributed by atoms with van der Waals surface area (Å²) in [5.74, 6) is 0.963. The van der Waals surface area contributed by atoms with E-state index in [1.807, 2.05) is 72.8 Å². The molecule has 0 aliphatic carbocycles. The van der Waals surface area contributed by atoms with Crippen LogP contribution >= 0.6 is 0 Å². The molecule has 1 aromatic heterocycles. The number of hydrogen-bond donors (Lipinski definition) is 1. The van der Waals surface area contributed by atoms with Gasteiger partial charge >= 0.3 is 0 Å². The second kappa shape index (κ2) is 10.1. The molecule has 0 spiro atoms. The van der Waals surface area contributed by atoms with Crippen LogP contribution in [0.15, 0.2) is 91.0 Å². The highest BCUT2D eigenvalue weighted by Crippen LogP contribution is 2.23. The van der Waals surface area contributed by atoms with Crippen molar-refractivity contribution < 1.29 is 14.3 Å². The van der Waals surface area contributed by atoms with Crippen LogP contribution in [0.25, 0.3) is 11.3 Å². The van der Waals surface area contributed by atoms with Crippen LogP contribution in [0.1, 0.15) is 10.4 Å². The predicted octanol–water partition coefficient (Wildman–Crippen LogP) is 5.02. The Bertz CT molecular complexity index is 1220. The van der Waals surface area contributed by atoms with E-state index in [1.54, 1.807) is 18.2 Å². The van der Waals surface area contributed by atoms with E-state index in [9.17, 15) is 4.79 Å². The molecule has 0 unspecified atom stereocenters. The molecular weight excluding hydrogens is 428 g/mol. The number of carbonyl (C=O) groups is 1. The Labute approximate surface area is 198 Å². The van der Waals surface area contributed by atoms with Gasteiger partial charge in [-0.25, -0.2) is 0 Å². The Balaban J connectivity index is 1.20. The Morgan fingerprint density at radius 1 is 0.824 bits per heavy atom. The monoisotopic (exact) mass is 452 g/mol. The minimum atomic E-state index is -0.164. The average Bonchev–Trinajstić information content (AvgIpc) is 2.91. The minimum absolute atomic E-state index is 0.164. The third kappa shape index (κ3) is 5.22. The number of nitrogens with zero attached hydrogens (tertiary/aromatic N) is 3. The molecule has 1 aliphatic heterocycles. The molecule has 170 valence electrons. The van der Waals surface area contributed by atoms with Gasteiger partial charge in [-0.2, -0.15) is 0 Å². The number of anilines is 2. The van der Waals surface area contributed by atoms with E-state index in [2.05, 4.69) is 20.4 Å². The summed E-state index contributed by atoms with van der Waals surface area (Å²) in [6, 6.07) is 28.2. The number of carbonyl (C=O) groups excluding carboxylic acids is 1. The average molecular weight is 453 g/mol. The molecule has 7 nitrogen and oxygen atoms in total. The number of para-hydroxylation sites is 1. The molecule has 34 heavy (non-hydrogen) atoms. The largest absolute Gasteiger partial charge is 0.438 e. The molecule has 1 fully saturated rings. The van der Waals surface area contributed by atoms with E-state index in [4.69, 9.17) is 9.47 Å². The van der Waals surface area contributed by atoms with E-state index >= 15 is 0 Å². The van der Waals surface area contributed by atoms with Crippen molar-refractivity contribution in [1.82, 2.24) is 10.2 Å². The Morgan fingerprint density at radius 2 is 1.56 bits per heavy atom. The molecule has 5 rings (SSSR count). The van der Waals surface area contributed by atoms with Gasteiger partial charge in [0.2, 0.25) is 5.88 Å². The lowest BCUT2D eigenvalue weighted by Gasteiger charge is -2.28. The fourth-order valence-corrected chi connectivity index (χ4v) is 3.71. The summed E-state index contributed by atoms with van der Waals surface area (Å²) in [6.07, 6.45) is 0. The standard InChI is InChI=1S/C27H24N4O3/c32-27(28-22-10-12-23(13-11-22)31-16-18-33-19-17-31)21-8-6-20(7-9-21)25-14-15-26(30-29-25)34-24-4-2-1-3-5-24/h1-15H,16-19H2,(H,28,32). The summed E-state index contributed by atoms with van der Waals surface area (Å²) >= 11 is 0. The van der Waals surface area contributed by atoms with Gasteiger partial charge in [0.15, 0.2) is 0 Å². The highest BCUT2D eigenvalue weighted by atomic mass is 16.5. The van der Waals surface area contributed by atoms with E-state index < -0.39 is 0 Å². The molecule has 1 amide bonds. The lowest BCUT2D eigenvalue weighted by atomic mass is 10.1. The van der Waals surface area contributed by atoms with Crippen molar-refractivity contribution in [3.8, 4) is 22.9 Å². The Morgan fingerprint density at radius 3 is 2.24 bits per heavy atom. The summed E-state index contributed by atoms with van der Waals surface area (Å²) in [4.78, 5) is 15.0. The maximum absolute atomic E-state index is 12.7. The molecule has 0 radical (unpaired) electrons. The smallest absolute Gasteiger partial charge is 0.255 e. The Kier molecular flexibility index (Phi) is 6.45. The third-order valence-electron chi connectivity index (χ3n) is 5.55. The van der Waals surface area contributed by atoms with E-state index in [1.165, 1.54) is 0 Å². The van der Waals surface area contributed by atoms with Gasteiger partial charge in [-0.05, 0) is 54.6 Å². The number of benzene rings is 3. The summed E-state index contributed by atoms with van der Waals surface area (Å²) < 4.78 is 11.1. The second-order valence-corrected chi connectivity index (χ2v) is 7.85. The maximum Gasteiger partial charge on any atom is 0.255 e. The Hall–Kier alpha value is -4.23. The van der Waals surface area contributed by atoms with Crippen molar-refractivity contribution in [1.29, 1.82) is 0 Å². The van der Waals surface area contributed by atoms with Crippen LogP contribution in [0, 0.1) is 0 Å². The first-order chi connectivity index (χ1) is 16.7. The van der Waals surface area contributed by atoms with Crippen molar-refractivity contribution in [2.75, 3.05) is 36.5 Å². The van der Waals surface area contributed by atoms with E-state index in [0.717, 1.165) is 43.2 Å². The first kappa shape index (κ1) is 21.6. The summed E-state index contributed by atoms with van der Waals surface area (Å²) in [5, 5.41) is 11.3. The summed E-state index contributed by atoms with van der Waals surface area (Å²) in [5.41, 5.74) is 4.02. The van der Waals surface area contributed by atoms with Crippen LogP contribution < -0.4 is 15.0 Å². The van der Waals surface area contributed by atoms with E-state index in [-0.39, 0.29) is 5.91 Å². The molecule has 4 aromatic rings. The fraction of sp³-hybridized carbons (Fsp3) is 0.148. The van der Waals surface area contributed by atoms with Crippen LogP contribution in [-0.2, 0) is 4.74 Å². The van der Waals surface area contributed by atoms with Gasteiger partial charge in [-0.15, -0.1) is 10.2 Å². The molecule has 0 saturated carbocycles. The molecular formula is C27H24N4O3. The van der Waals surface area contributed by atoms with Gasteiger partial charge in [0, 0.05) is 41.7 Å². The third-order valence-corrected chi connectivity index (χ3v) is 5.55. The number of aromatic nitrogens is 2. The summed E-state index contributed by atoms with van der Waals surface area (Å²) in [7, 11) is 0. The van der Waals surface area contributed by atoms with Crippen LogP contribution in [0.4, 0.5) is 11.4 Å². The number of amides is 1. The maximum atomic E-state index is 12.7. The number of ether oxygens (including phenoxy) is 2. The van der Waals surface area contributed by atoms with Crippen LogP contribution in [0.3, 0.4) is 0 Å². The van der Waals surface area contributed by atoms with Crippen molar-refractivity contribution in [2.45, 2.75) is 0 Å². The zero-order valence-electron chi connectivity index (χ0n) is 18.6. The van der Waals surface area contributed by atoms with Gasteiger partial charge in [-0.1, -0.05) is 30.3 Å². The molecule has 1 aliphatic rings. The highest BCUT2D eigenvalue weighted by Gasteiger charge is 2.12. The summed E-state index contributed by atoms with van der Waals surface area (Å²) in [6.45, 7) is 3.24. The molecule has 7 heteroatoms. The number of morpholine rings is 1. The van der Waals surface area contributed by atoms with Gasteiger partial charge in [0.05, 0.1) is 18.9 Å². The zero-order valence-corrected chi connectivity index (χ0v) is 18.6. The van der Waals surface area contributed by atoms with Crippen molar-refractivity contribution >= 4 is 17.3 Å². The lowest BCUT2D eigenvalue weighted by molar-refractivity contribution is 0.102. The fourth-order valence-electron chi connectivity index (χ4n) is 3.71. The lowest BCUT2D eigenvalue weighted by Crippen LogP contribution is -2.36. The molecule has 0 bridgehead atoms. The minimum Gasteiger partial charge on any atom is -0.438 e. The second-order valence-electron chi connectivity index (χ2n) is 7.85. The van der Waals surface area contributed by atoms with Gasteiger partial charge in [-0.3, -0.25) is 4.79 Å². The number of hydrogen-bond acceptors (Lipinski definition) is 6. The van der Waals surface area contributed by atoms with Gasteiger partial charge in [0.25, 0.3) is 5.91 Å². The predicted molar refractivity (Wildman–Crippen MR) is 131 cm³/mol. The highest BCUT2D eigenvalue weighted by molar-refractivity contribution is 6.04. The molecule has 1 saturated heterocycles.